The fourth-order valence-electron chi connectivity index (χ4n) is 2.07. The Labute approximate surface area is 124 Å². The number of carbonyl (C=O) groups excluding carboxylic acids is 1. The molecule has 1 heterocycles. The number of amides is 1. The van der Waals surface area contributed by atoms with Gasteiger partial charge in [-0.3, -0.25) is 14.2 Å². The van der Waals surface area contributed by atoms with Crippen LogP contribution in [0.4, 0.5) is 0 Å². The number of aryl methyl sites for hydroxylation is 1. The van der Waals surface area contributed by atoms with Crippen molar-refractivity contribution in [2.75, 3.05) is 0 Å². The van der Waals surface area contributed by atoms with Crippen molar-refractivity contribution in [2.45, 2.75) is 40.3 Å². The summed E-state index contributed by atoms with van der Waals surface area (Å²) in [7, 11) is 0. The largest absolute Gasteiger partial charge is 0.352 e. The first-order chi connectivity index (χ1) is 9.90. The summed E-state index contributed by atoms with van der Waals surface area (Å²) in [5.41, 5.74) is 1.46. The maximum atomic E-state index is 12.4. The number of carbonyl (C=O) groups is 1. The fourth-order valence-corrected chi connectivity index (χ4v) is 2.07. The first-order valence-corrected chi connectivity index (χ1v) is 7.14. The summed E-state index contributed by atoms with van der Waals surface area (Å²) in [4.78, 5) is 28.7. The molecule has 0 unspecified atom stereocenters. The molecule has 5 heteroatoms. The second-order valence-corrected chi connectivity index (χ2v) is 5.75. The third kappa shape index (κ3) is 3.29. The molecule has 21 heavy (non-hydrogen) atoms. The predicted octanol–water partition coefficient (Wildman–Crippen LogP) is 1.87. The average molecular weight is 287 g/mol. The van der Waals surface area contributed by atoms with Gasteiger partial charge >= 0.3 is 0 Å². The number of para-hydroxylation sites is 1. The van der Waals surface area contributed by atoms with Gasteiger partial charge in [0.1, 0.15) is 6.54 Å². The van der Waals surface area contributed by atoms with E-state index in [1.807, 2.05) is 39.8 Å². The molecule has 1 aromatic carbocycles. The molecule has 0 fully saturated rings. The van der Waals surface area contributed by atoms with Crippen LogP contribution in [-0.4, -0.2) is 21.5 Å². The number of nitrogens with one attached hydrogen (secondary N) is 1. The zero-order chi connectivity index (χ0) is 15.6. The highest BCUT2D eigenvalue weighted by Crippen LogP contribution is 2.11. The number of fused-ring (bicyclic) bond motifs is 1. The molecule has 1 atom stereocenters. The van der Waals surface area contributed by atoms with E-state index in [1.54, 1.807) is 6.07 Å². The van der Waals surface area contributed by atoms with Crippen LogP contribution in [0.15, 0.2) is 29.3 Å². The molecule has 0 saturated heterocycles. The van der Waals surface area contributed by atoms with Crippen molar-refractivity contribution < 1.29 is 4.79 Å². The average Bonchev–Trinajstić information content (AvgIpc) is 2.42. The Kier molecular flexibility index (Phi) is 4.40. The van der Waals surface area contributed by atoms with Gasteiger partial charge in [-0.05, 0) is 31.4 Å². The Hall–Kier alpha value is -2.17. The van der Waals surface area contributed by atoms with Crippen LogP contribution in [0.5, 0.6) is 0 Å². The van der Waals surface area contributed by atoms with Crippen LogP contribution in [0.3, 0.4) is 0 Å². The Morgan fingerprint density at radius 2 is 2.05 bits per heavy atom. The summed E-state index contributed by atoms with van der Waals surface area (Å²) in [6, 6.07) is 5.55. The number of nitrogens with zero attached hydrogens (tertiary/aromatic N) is 2. The Morgan fingerprint density at radius 3 is 2.71 bits per heavy atom. The zero-order valence-corrected chi connectivity index (χ0v) is 12.9. The lowest BCUT2D eigenvalue weighted by Crippen LogP contribution is -2.39. The molecule has 0 aliphatic carbocycles. The van der Waals surface area contributed by atoms with Crippen LogP contribution in [0.25, 0.3) is 10.9 Å². The van der Waals surface area contributed by atoms with E-state index in [9.17, 15) is 9.59 Å². The van der Waals surface area contributed by atoms with Crippen LogP contribution in [0.1, 0.15) is 26.3 Å². The van der Waals surface area contributed by atoms with Crippen LogP contribution in [0, 0.1) is 12.8 Å². The number of hydrogen-bond donors (Lipinski definition) is 1. The summed E-state index contributed by atoms with van der Waals surface area (Å²) in [5, 5.41) is 3.43. The second kappa shape index (κ2) is 6.08. The minimum atomic E-state index is -0.184. The van der Waals surface area contributed by atoms with Gasteiger partial charge in [-0.1, -0.05) is 26.0 Å². The number of aromatic nitrogens is 2. The van der Waals surface area contributed by atoms with E-state index < -0.39 is 0 Å². The van der Waals surface area contributed by atoms with Crippen molar-refractivity contribution in [2.24, 2.45) is 5.92 Å². The standard InChI is InChI=1S/C16H21N3O2/c1-10(2)12(4)18-14(20)8-19-9-17-15-11(3)6-5-7-13(15)16(19)21/h5-7,9-10,12H,8H2,1-4H3,(H,18,20)/t12-/m1/s1. The van der Waals surface area contributed by atoms with Crippen molar-refractivity contribution in [3.05, 3.63) is 40.4 Å². The minimum absolute atomic E-state index is 0.00717. The molecular formula is C16H21N3O2. The molecule has 5 nitrogen and oxygen atoms in total. The molecule has 0 aliphatic heterocycles. The van der Waals surface area contributed by atoms with E-state index in [0.717, 1.165) is 5.56 Å². The lowest BCUT2D eigenvalue weighted by atomic mass is 10.1. The normalized spacial score (nSPS) is 12.6. The molecule has 0 bridgehead atoms. The molecule has 1 N–H and O–H groups in total. The lowest BCUT2D eigenvalue weighted by Gasteiger charge is -2.17. The minimum Gasteiger partial charge on any atom is -0.352 e. The van der Waals surface area contributed by atoms with Gasteiger partial charge in [-0.15, -0.1) is 0 Å². The number of rotatable bonds is 4. The van der Waals surface area contributed by atoms with E-state index in [0.29, 0.717) is 16.8 Å². The van der Waals surface area contributed by atoms with E-state index in [4.69, 9.17) is 0 Å². The molecule has 2 aromatic rings. The first-order valence-electron chi connectivity index (χ1n) is 7.14. The molecule has 1 amide bonds. The lowest BCUT2D eigenvalue weighted by molar-refractivity contribution is -0.122. The third-order valence-corrected chi connectivity index (χ3v) is 3.76. The molecule has 0 saturated carbocycles. The molecule has 0 radical (unpaired) electrons. The van der Waals surface area contributed by atoms with Gasteiger partial charge in [0.05, 0.1) is 17.2 Å². The quantitative estimate of drug-likeness (QED) is 0.933. The SMILES string of the molecule is Cc1cccc2c(=O)n(CC(=O)N[C@H](C)C(C)C)cnc12. The number of benzene rings is 1. The summed E-state index contributed by atoms with van der Waals surface area (Å²) in [6.07, 6.45) is 1.44. The molecule has 112 valence electrons. The van der Waals surface area contributed by atoms with E-state index in [2.05, 4.69) is 10.3 Å². The van der Waals surface area contributed by atoms with Gasteiger partial charge < -0.3 is 5.32 Å². The third-order valence-electron chi connectivity index (χ3n) is 3.76. The monoisotopic (exact) mass is 287 g/mol. The van der Waals surface area contributed by atoms with E-state index in [1.165, 1.54) is 10.9 Å². The first kappa shape index (κ1) is 15.2. The topological polar surface area (TPSA) is 64.0 Å². The van der Waals surface area contributed by atoms with Gasteiger partial charge in [0.25, 0.3) is 5.56 Å². The van der Waals surface area contributed by atoms with Crippen molar-refractivity contribution in [1.29, 1.82) is 0 Å². The maximum Gasteiger partial charge on any atom is 0.261 e. The van der Waals surface area contributed by atoms with E-state index >= 15 is 0 Å². The summed E-state index contributed by atoms with van der Waals surface area (Å²) < 4.78 is 1.35. The second-order valence-electron chi connectivity index (χ2n) is 5.75. The Morgan fingerprint density at radius 1 is 1.33 bits per heavy atom. The maximum absolute atomic E-state index is 12.4. The van der Waals surface area contributed by atoms with Crippen molar-refractivity contribution in [3.63, 3.8) is 0 Å². The van der Waals surface area contributed by atoms with Crippen molar-refractivity contribution >= 4 is 16.8 Å². The molecule has 0 aliphatic rings. The van der Waals surface area contributed by atoms with Gasteiger partial charge in [-0.25, -0.2) is 4.98 Å². The van der Waals surface area contributed by atoms with Gasteiger partial charge in [0, 0.05) is 6.04 Å². The van der Waals surface area contributed by atoms with Crippen LogP contribution >= 0.6 is 0 Å². The highest BCUT2D eigenvalue weighted by atomic mass is 16.2. The summed E-state index contributed by atoms with van der Waals surface area (Å²) in [5.74, 6) is 0.176. The van der Waals surface area contributed by atoms with Crippen LogP contribution in [-0.2, 0) is 11.3 Å². The van der Waals surface area contributed by atoms with Crippen molar-refractivity contribution in [1.82, 2.24) is 14.9 Å². The smallest absolute Gasteiger partial charge is 0.261 e. The number of hydrogen-bond acceptors (Lipinski definition) is 3. The molecule has 2 rings (SSSR count). The molecule has 1 aromatic heterocycles. The summed E-state index contributed by atoms with van der Waals surface area (Å²) in [6.45, 7) is 7.94. The van der Waals surface area contributed by atoms with Gasteiger partial charge in [0.15, 0.2) is 0 Å². The van der Waals surface area contributed by atoms with Gasteiger partial charge in [0.2, 0.25) is 5.91 Å². The fraction of sp³-hybridized carbons (Fsp3) is 0.438. The summed E-state index contributed by atoms with van der Waals surface area (Å²) >= 11 is 0. The Bertz CT molecular complexity index is 719. The van der Waals surface area contributed by atoms with Crippen molar-refractivity contribution in [3.8, 4) is 0 Å². The van der Waals surface area contributed by atoms with Crippen LogP contribution < -0.4 is 10.9 Å². The van der Waals surface area contributed by atoms with Crippen LogP contribution in [0.2, 0.25) is 0 Å². The highest BCUT2D eigenvalue weighted by Gasteiger charge is 2.13. The molecule has 0 spiro atoms. The predicted molar refractivity (Wildman–Crippen MR) is 83.2 cm³/mol. The van der Waals surface area contributed by atoms with Gasteiger partial charge in [-0.2, -0.15) is 0 Å². The highest BCUT2D eigenvalue weighted by molar-refractivity contribution is 5.81. The zero-order valence-electron chi connectivity index (χ0n) is 12.9. The Balaban J connectivity index is 2.26. The van der Waals surface area contributed by atoms with E-state index in [-0.39, 0.29) is 24.1 Å². The molecular weight excluding hydrogens is 266 g/mol.